The molecule has 1 amide bonds. The Labute approximate surface area is 135 Å². The molecule has 0 fully saturated rings. The van der Waals surface area contributed by atoms with Crippen LogP contribution in [0.4, 0.5) is 5.69 Å². The van der Waals surface area contributed by atoms with Gasteiger partial charge in [0.25, 0.3) is 5.89 Å². The lowest BCUT2D eigenvalue weighted by atomic mass is 10.0. The van der Waals surface area contributed by atoms with E-state index in [0.717, 1.165) is 0 Å². The van der Waals surface area contributed by atoms with Gasteiger partial charge in [0.2, 0.25) is 5.91 Å². The molecule has 0 spiro atoms. The Morgan fingerprint density at radius 3 is 2.61 bits per heavy atom. The maximum atomic E-state index is 12.0. The minimum Gasteiger partial charge on any atom is -0.484 e. The van der Waals surface area contributed by atoms with Gasteiger partial charge in [-0.3, -0.25) is 4.79 Å². The van der Waals surface area contributed by atoms with E-state index in [-0.39, 0.29) is 12.5 Å². The van der Waals surface area contributed by atoms with Crippen LogP contribution in [0.5, 0.6) is 5.75 Å². The van der Waals surface area contributed by atoms with Gasteiger partial charge < -0.3 is 20.3 Å². The predicted octanol–water partition coefficient (Wildman–Crippen LogP) is 2.27. The lowest BCUT2D eigenvalue weighted by molar-refractivity contribution is -0.117. The van der Waals surface area contributed by atoms with E-state index in [4.69, 9.17) is 15.0 Å². The Hall–Kier alpha value is -2.41. The normalized spacial score (nSPS) is 12.2. The Morgan fingerprint density at radius 1 is 1.35 bits per heavy atom. The molecule has 2 aromatic rings. The molecule has 0 radical (unpaired) electrons. The second-order valence-electron chi connectivity index (χ2n) is 5.77. The number of hydrogen-bond acceptors (Lipinski definition) is 6. The van der Waals surface area contributed by atoms with Crippen LogP contribution in [0.15, 0.2) is 28.8 Å². The van der Waals surface area contributed by atoms with Crippen molar-refractivity contribution in [3.63, 3.8) is 0 Å². The zero-order valence-electron chi connectivity index (χ0n) is 13.6. The molecule has 0 aliphatic carbocycles. The standard InChI is InChI=1S/C16H22N4O3/c1-10(2)8-14(17)16(21)19-12-4-6-13(7-5-12)22-9-15-18-11(3)20-23-15/h4-7,10,14H,8-9,17H2,1-3H3,(H,19,21)/t14-/m0/s1. The summed E-state index contributed by atoms with van der Waals surface area (Å²) in [7, 11) is 0. The summed E-state index contributed by atoms with van der Waals surface area (Å²) in [6, 6.07) is 6.52. The highest BCUT2D eigenvalue weighted by atomic mass is 16.5. The van der Waals surface area contributed by atoms with Crippen molar-refractivity contribution in [3.8, 4) is 5.75 Å². The summed E-state index contributed by atoms with van der Waals surface area (Å²) in [6.07, 6.45) is 0.649. The molecule has 1 aromatic heterocycles. The van der Waals surface area contributed by atoms with Crippen LogP contribution in [0.25, 0.3) is 0 Å². The van der Waals surface area contributed by atoms with Gasteiger partial charge in [0.15, 0.2) is 12.4 Å². The minimum atomic E-state index is -0.508. The number of amides is 1. The van der Waals surface area contributed by atoms with Crippen LogP contribution in [-0.4, -0.2) is 22.1 Å². The molecule has 0 aliphatic heterocycles. The molecule has 0 saturated heterocycles. The first-order chi connectivity index (χ1) is 10.9. The number of rotatable bonds is 7. The molecule has 2 rings (SSSR count). The molecule has 7 nitrogen and oxygen atoms in total. The Kier molecular flexibility index (Phi) is 5.70. The van der Waals surface area contributed by atoms with E-state index < -0.39 is 6.04 Å². The molecular formula is C16H22N4O3. The van der Waals surface area contributed by atoms with Gasteiger partial charge in [0, 0.05) is 5.69 Å². The molecule has 0 bridgehead atoms. The first-order valence-electron chi connectivity index (χ1n) is 7.52. The third-order valence-electron chi connectivity index (χ3n) is 3.12. The molecule has 1 aromatic carbocycles. The number of nitrogens with two attached hydrogens (primary N) is 1. The second kappa shape index (κ2) is 7.73. The highest BCUT2D eigenvalue weighted by molar-refractivity contribution is 5.94. The molecule has 1 atom stereocenters. The summed E-state index contributed by atoms with van der Waals surface area (Å²) in [4.78, 5) is 16.0. The second-order valence-corrected chi connectivity index (χ2v) is 5.77. The lowest BCUT2D eigenvalue weighted by Gasteiger charge is -2.14. The van der Waals surface area contributed by atoms with Crippen molar-refractivity contribution in [2.75, 3.05) is 5.32 Å². The molecule has 23 heavy (non-hydrogen) atoms. The van der Waals surface area contributed by atoms with Crippen molar-refractivity contribution < 1.29 is 14.1 Å². The summed E-state index contributed by atoms with van der Waals surface area (Å²) in [6.45, 7) is 6.01. The highest BCUT2D eigenvalue weighted by Crippen LogP contribution is 2.17. The van der Waals surface area contributed by atoms with Gasteiger partial charge in [0.05, 0.1) is 6.04 Å². The SMILES string of the molecule is Cc1noc(COc2ccc(NC(=O)[C@@H](N)CC(C)C)cc2)n1. The van der Waals surface area contributed by atoms with Gasteiger partial charge in [-0.2, -0.15) is 4.98 Å². The molecule has 0 aliphatic rings. The molecular weight excluding hydrogens is 296 g/mol. The van der Waals surface area contributed by atoms with E-state index in [1.807, 2.05) is 13.8 Å². The van der Waals surface area contributed by atoms with Crippen LogP contribution >= 0.6 is 0 Å². The largest absolute Gasteiger partial charge is 0.484 e. The topological polar surface area (TPSA) is 103 Å². The third-order valence-corrected chi connectivity index (χ3v) is 3.12. The van der Waals surface area contributed by atoms with Crippen LogP contribution in [0.2, 0.25) is 0 Å². The van der Waals surface area contributed by atoms with Crippen molar-refractivity contribution in [2.24, 2.45) is 11.7 Å². The zero-order chi connectivity index (χ0) is 16.8. The van der Waals surface area contributed by atoms with Crippen LogP contribution in [0.1, 0.15) is 32.0 Å². The van der Waals surface area contributed by atoms with E-state index in [0.29, 0.717) is 35.5 Å². The summed E-state index contributed by atoms with van der Waals surface area (Å²) in [5, 5.41) is 6.48. The van der Waals surface area contributed by atoms with Crippen LogP contribution in [0, 0.1) is 12.8 Å². The van der Waals surface area contributed by atoms with Crippen molar-refractivity contribution in [1.29, 1.82) is 0 Å². The maximum Gasteiger partial charge on any atom is 0.264 e. The number of anilines is 1. The summed E-state index contributed by atoms with van der Waals surface area (Å²) in [5.74, 6) is 1.82. The molecule has 1 heterocycles. The fourth-order valence-corrected chi connectivity index (χ4v) is 2.03. The quantitative estimate of drug-likeness (QED) is 0.811. The van der Waals surface area contributed by atoms with Gasteiger partial charge >= 0.3 is 0 Å². The number of nitrogens with one attached hydrogen (secondary N) is 1. The smallest absolute Gasteiger partial charge is 0.264 e. The fourth-order valence-electron chi connectivity index (χ4n) is 2.03. The Morgan fingerprint density at radius 2 is 2.04 bits per heavy atom. The summed E-state index contributed by atoms with van der Waals surface area (Å²) in [5.41, 5.74) is 6.53. The van der Waals surface area contributed by atoms with Gasteiger partial charge in [0.1, 0.15) is 5.75 Å². The van der Waals surface area contributed by atoms with Gasteiger partial charge in [-0.15, -0.1) is 0 Å². The van der Waals surface area contributed by atoms with Crippen molar-refractivity contribution >= 4 is 11.6 Å². The van der Waals surface area contributed by atoms with Crippen molar-refractivity contribution in [3.05, 3.63) is 36.0 Å². The van der Waals surface area contributed by atoms with Crippen molar-refractivity contribution in [2.45, 2.75) is 39.8 Å². The number of hydrogen-bond donors (Lipinski definition) is 2. The zero-order valence-corrected chi connectivity index (χ0v) is 13.6. The van der Waals surface area contributed by atoms with E-state index in [2.05, 4.69) is 15.5 Å². The molecule has 124 valence electrons. The fraction of sp³-hybridized carbons (Fsp3) is 0.438. The number of ether oxygens (including phenoxy) is 1. The summed E-state index contributed by atoms with van der Waals surface area (Å²) < 4.78 is 10.5. The number of aromatic nitrogens is 2. The van der Waals surface area contributed by atoms with Crippen molar-refractivity contribution in [1.82, 2.24) is 10.1 Å². The predicted molar refractivity (Wildman–Crippen MR) is 85.9 cm³/mol. The number of carbonyl (C=O) groups excluding carboxylic acids is 1. The number of benzene rings is 1. The molecule has 0 unspecified atom stereocenters. The lowest BCUT2D eigenvalue weighted by Crippen LogP contribution is -2.36. The highest BCUT2D eigenvalue weighted by Gasteiger charge is 2.15. The summed E-state index contributed by atoms with van der Waals surface area (Å²) >= 11 is 0. The monoisotopic (exact) mass is 318 g/mol. The number of aryl methyl sites for hydroxylation is 1. The Bertz CT molecular complexity index is 637. The van der Waals surface area contributed by atoms with E-state index >= 15 is 0 Å². The third kappa shape index (κ3) is 5.37. The Balaban J connectivity index is 1.85. The van der Waals surface area contributed by atoms with E-state index in [9.17, 15) is 4.79 Å². The maximum absolute atomic E-state index is 12.0. The average Bonchev–Trinajstić information content (AvgIpc) is 2.91. The van der Waals surface area contributed by atoms with Crippen LogP contribution in [0.3, 0.4) is 0 Å². The van der Waals surface area contributed by atoms with Gasteiger partial charge in [-0.1, -0.05) is 19.0 Å². The molecule has 0 saturated carbocycles. The van der Waals surface area contributed by atoms with Crippen LogP contribution < -0.4 is 15.8 Å². The van der Waals surface area contributed by atoms with E-state index in [1.165, 1.54) is 0 Å². The number of carbonyl (C=O) groups is 1. The van der Waals surface area contributed by atoms with E-state index in [1.54, 1.807) is 31.2 Å². The first-order valence-corrected chi connectivity index (χ1v) is 7.52. The van der Waals surface area contributed by atoms with Crippen LogP contribution in [-0.2, 0) is 11.4 Å². The minimum absolute atomic E-state index is 0.186. The van der Waals surface area contributed by atoms with Gasteiger partial charge in [-0.05, 0) is 43.5 Å². The molecule has 7 heteroatoms. The number of nitrogens with zero attached hydrogens (tertiary/aromatic N) is 2. The van der Waals surface area contributed by atoms with Gasteiger partial charge in [-0.25, -0.2) is 0 Å². The average molecular weight is 318 g/mol. The first kappa shape index (κ1) is 17.0. The molecule has 3 N–H and O–H groups in total.